The van der Waals surface area contributed by atoms with Crippen LogP contribution in [0.15, 0.2) is 66.4 Å². The number of hydrogen-bond donors (Lipinski definition) is 0. The van der Waals surface area contributed by atoms with Crippen LogP contribution in [0.3, 0.4) is 0 Å². The van der Waals surface area contributed by atoms with Gasteiger partial charge in [0.25, 0.3) is 0 Å². The van der Waals surface area contributed by atoms with E-state index in [4.69, 9.17) is 0 Å². The van der Waals surface area contributed by atoms with Gasteiger partial charge in [-0.15, -0.1) is 5.73 Å². The van der Waals surface area contributed by atoms with Crippen molar-refractivity contribution in [2.75, 3.05) is 0 Å². The summed E-state index contributed by atoms with van der Waals surface area (Å²) in [5.74, 6) is 0. The molecule has 0 unspecified atom stereocenters. The normalized spacial score (nSPS) is 14.9. The predicted molar refractivity (Wildman–Crippen MR) is 60.8 cm³/mol. The van der Waals surface area contributed by atoms with Crippen molar-refractivity contribution >= 4 is 5.57 Å². The van der Waals surface area contributed by atoms with E-state index in [1.807, 2.05) is 6.07 Å². The van der Waals surface area contributed by atoms with Gasteiger partial charge in [0.2, 0.25) is 0 Å². The number of benzene rings is 1. The topological polar surface area (TPSA) is 0 Å². The van der Waals surface area contributed by atoms with Crippen LogP contribution in [-0.2, 0) is 0 Å². The van der Waals surface area contributed by atoms with E-state index in [9.17, 15) is 0 Å². The maximum absolute atomic E-state index is 3.72. The molecule has 0 N–H and O–H groups in total. The molecule has 0 aliphatic heterocycles. The first kappa shape index (κ1) is 8.80. The molecule has 0 atom stereocenters. The SMILES string of the molecule is C=C=C1CC=CC=C1c1ccccc1. The molecule has 1 aliphatic carbocycles. The van der Waals surface area contributed by atoms with Gasteiger partial charge in [0.15, 0.2) is 0 Å². The Balaban J connectivity index is 2.48. The molecule has 0 heteroatoms. The fourth-order valence-electron chi connectivity index (χ4n) is 1.62. The van der Waals surface area contributed by atoms with Gasteiger partial charge in [0.1, 0.15) is 0 Å². The largest absolute Gasteiger partial charge is 0.124 e. The van der Waals surface area contributed by atoms with Gasteiger partial charge >= 0.3 is 0 Å². The minimum absolute atomic E-state index is 0.935. The first-order chi connectivity index (χ1) is 6.92. The second-order valence-corrected chi connectivity index (χ2v) is 3.23. The van der Waals surface area contributed by atoms with Gasteiger partial charge < -0.3 is 0 Å². The zero-order chi connectivity index (χ0) is 9.80. The zero-order valence-electron chi connectivity index (χ0n) is 8.03. The molecular weight excluding hydrogens is 168 g/mol. The molecule has 0 fully saturated rings. The van der Waals surface area contributed by atoms with Crippen LogP contribution in [0.2, 0.25) is 0 Å². The van der Waals surface area contributed by atoms with E-state index >= 15 is 0 Å². The Morgan fingerprint density at radius 2 is 1.93 bits per heavy atom. The highest BCUT2D eigenvalue weighted by Crippen LogP contribution is 2.27. The summed E-state index contributed by atoms with van der Waals surface area (Å²) in [5.41, 5.74) is 6.66. The lowest BCUT2D eigenvalue weighted by Gasteiger charge is -2.11. The molecule has 0 bridgehead atoms. The van der Waals surface area contributed by atoms with E-state index in [-0.39, 0.29) is 0 Å². The molecular formula is C14H12. The Kier molecular flexibility index (Phi) is 2.48. The van der Waals surface area contributed by atoms with Crippen LogP contribution in [0.1, 0.15) is 12.0 Å². The Morgan fingerprint density at radius 1 is 1.14 bits per heavy atom. The smallest absolute Gasteiger partial charge is 0.00496 e. The minimum Gasteiger partial charge on any atom is -0.124 e. The first-order valence-corrected chi connectivity index (χ1v) is 4.73. The molecule has 0 nitrogen and oxygen atoms in total. The van der Waals surface area contributed by atoms with Crippen molar-refractivity contribution in [1.82, 2.24) is 0 Å². The summed E-state index contributed by atoms with van der Waals surface area (Å²) in [6.45, 7) is 3.72. The predicted octanol–water partition coefficient (Wildman–Crippen LogP) is 3.74. The molecule has 0 heterocycles. The number of allylic oxidation sites excluding steroid dienone is 5. The van der Waals surface area contributed by atoms with Gasteiger partial charge in [-0.3, -0.25) is 0 Å². The van der Waals surface area contributed by atoms with Gasteiger partial charge in [-0.1, -0.05) is 55.1 Å². The minimum atomic E-state index is 0.935. The lowest BCUT2D eigenvalue weighted by molar-refractivity contribution is 1.28. The number of hydrogen-bond acceptors (Lipinski definition) is 0. The summed E-state index contributed by atoms with van der Waals surface area (Å²) >= 11 is 0. The lowest BCUT2D eigenvalue weighted by atomic mass is 9.93. The van der Waals surface area contributed by atoms with E-state index in [2.05, 4.69) is 54.8 Å². The first-order valence-electron chi connectivity index (χ1n) is 4.73. The monoisotopic (exact) mass is 180 g/mol. The van der Waals surface area contributed by atoms with E-state index in [1.165, 1.54) is 16.7 Å². The highest BCUT2D eigenvalue weighted by molar-refractivity contribution is 5.81. The van der Waals surface area contributed by atoms with E-state index < -0.39 is 0 Å². The van der Waals surface area contributed by atoms with Crippen LogP contribution < -0.4 is 0 Å². The van der Waals surface area contributed by atoms with E-state index in [1.54, 1.807) is 0 Å². The van der Waals surface area contributed by atoms with Crippen molar-refractivity contribution in [2.45, 2.75) is 6.42 Å². The molecule has 0 spiro atoms. The maximum Gasteiger partial charge on any atom is 0.00496 e. The van der Waals surface area contributed by atoms with Crippen LogP contribution in [0, 0.1) is 0 Å². The van der Waals surface area contributed by atoms with Gasteiger partial charge in [-0.05, 0) is 17.6 Å². The summed E-state index contributed by atoms with van der Waals surface area (Å²) in [6, 6.07) is 10.4. The van der Waals surface area contributed by atoms with Crippen molar-refractivity contribution in [2.24, 2.45) is 0 Å². The third-order valence-corrected chi connectivity index (χ3v) is 2.34. The third-order valence-electron chi connectivity index (χ3n) is 2.34. The molecule has 0 radical (unpaired) electrons. The Morgan fingerprint density at radius 3 is 2.64 bits per heavy atom. The van der Waals surface area contributed by atoms with Crippen LogP contribution in [0.25, 0.3) is 5.57 Å². The van der Waals surface area contributed by atoms with Crippen LogP contribution in [-0.4, -0.2) is 0 Å². The highest BCUT2D eigenvalue weighted by atomic mass is 14.1. The van der Waals surface area contributed by atoms with E-state index in [0.29, 0.717) is 0 Å². The summed E-state index contributed by atoms with van der Waals surface area (Å²) in [6.07, 6.45) is 7.26. The van der Waals surface area contributed by atoms with Gasteiger partial charge in [0, 0.05) is 5.57 Å². The molecule has 0 amide bonds. The third kappa shape index (κ3) is 1.61. The molecule has 0 aromatic heterocycles. The molecule has 1 aromatic rings. The Bertz CT molecular complexity index is 426. The van der Waals surface area contributed by atoms with Crippen molar-refractivity contribution in [3.63, 3.8) is 0 Å². The summed E-state index contributed by atoms with van der Waals surface area (Å²) < 4.78 is 0. The summed E-state index contributed by atoms with van der Waals surface area (Å²) in [4.78, 5) is 0. The Hall–Kier alpha value is -1.78. The maximum atomic E-state index is 3.72. The summed E-state index contributed by atoms with van der Waals surface area (Å²) in [7, 11) is 0. The second kappa shape index (κ2) is 3.95. The summed E-state index contributed by atoms with van der Waals surface area (Å²) in [5, 5.41) is 0. The van der Waals surface area contributed by atoms with Crippen molar-refractivity contribution in [3.05, 3.63) is 72.0 Å². The van der Waals surface area contributed by atoms with Crippen molar-refractivity contribution in [3.8, 4) is 0 Å². The van der Waals surface area contributed by atoms with Crippen molar-refractivity contribution in [1.29, 1.82) is 0 Å². The van der Waals surface area contributed by atoms with Gasteiger partial charge in [0.05, 0.1) is 0 Å². The molecule has 1 aliphatic rings. The zero-order valence-corrected chi connectivity index (χ0v) is 8.03. The average Bonchev–Trinajstić information content (AvgIpc) is 2.30. The van der Waals surface area contributed by atoms with Crippen LogP contribution in [0.4, 0.5) is 0 Å². The standard InChI is InChI=1S/C14H12/c1-2-12-8-6-7-11-14(12)13-9-4-3-5-10-13/h3-7,9-11H,1,8H2. The Labute approximate surface area is 84.6 Å². The van der Waals surface area contributed by atoms with E-state index in [0.717, 1.165) is 6.42 Å². The molecule has 2 rings (SSSR count). The fraction of sp³-hybridized carbons (Fsp3) is 0.0714. The molecule has 68 valence electrons. The number of rotatable bonds is 1. The second-order valence-electron chi connectivity index (χ2n) is 3.23. The molecule has 0 saturated heterocycles. The van der Waals surface area contributed by atoms with Crippen molar-refractivity contribution < 1.29 is 0 Å². The quantitative estimate of drug-likeness (QED) is 0.577. The van der Waals surface area contributed by atoms with Gasteiger partial charge in [-0.25, -0.2) is 0 Å². The van der Waals surface area contributed by atoms with Crippen LogP contribution >= 0.6 is 0 Å². The molecule has 14 heavy (non-hydrogen) atoms. The van der Waals surface area contributed by atoms with Gasteiger partial charge in [-0.2, -0.15) is 0 Å². The highest BCUT2D eigenvalue weighted by Gasteiger charge is 2.07. The average molecular weight is 180 g/mol. The fourth-order valence-corrected chi connectivity index (χ4v) is 1.62. The molecule has 1 aromatic carbocycles. The molecule has 0 saturated carbocycles. The lowest BCUT2D eigenvalue weighted by Crippen LogP contribution is -1.91. The van der Waals surface area contributed by atoms with Crippen LogP contribution in [0.5, 0.6) is 0 Å².